The fraction of sp³-hybridized carbons (Fsp3) is 0.167. The van der Waals surface area contributed by atoms with Gasteiger partial charge in [-0.1, -0.05) is 12.1 Å². The highest BCUT2D eigenvalue weighted by Gasteiger charge is 2.20. The maximum absolute atomic E-state index is 13.0. The average Bonchev–Trinajstić information content (AvgIpc) is 2.89. The minimum Gasteiger partial charge on any atom is -0.472 e. The van der Waals surface area contributed by atoms with Crippen molar-refractivity contribution in [2.45, 2.75) is 13.0 Å². The number of halogens is 2. The number of ether oxygens (including phenoxy) is 1. The first-order valence-electron chi connectivity index (χ1n) is 5.75. The molecule has 0 unspecified atom stereocenters. The summed E-state index contributed by atoms with van der Waals surface area (Å²) in [5, 5.41) is 12.5. The smallest absolute Gasteiger partial charge is 0.275 e. The molecule has 0 fully saturated rings. The molecule has 1 aromatic carbocycles. The van der Waals surface area contributed by atoms with E-state index in [9.17, 15) is 13.6 Å². The molecule has 112 valence electrons. The van der Waals surface area contributed by atoms with Crippen LogP contribution in [-0.4, -0.2) is 20.3 Å². The van der Waals surface area contributed by atoms with Crippen LogP contribution in [0.25, 0.3) is 0 Å². The Morgan fingerprint density at radius 3 is 2.81 bits per heavy atom. The summed E-state index contributed by atoms with van der Waals surface area (Å²) in [5.74, 6) is -0.722. The first-order valence-corrected chi connectivity index (χ1v) is 6.15. The predicted molar refractivity (Wildman–Crippen MR) is 71.6 cm³/mol. The Bertz CT molecular complexity index is 648. The average molecular weight is 315 g/mol. The number of carbonyl (C=O) groups excluding carboxylic acids is 1. The fourth-order valence-electron chi connectivity index (χ4n) is 1.76. The van der Waals surface area contributed by atoms with E-state index in [0.29, 0.717) is 0 Å². The number of aromatic nitrogens is 2. The quantitative estimate of drug-likeness (QED) is 0.449. The van der Waals surface area contributed by atoms with Crippen LogP contribution < -0.4 is 10.2 Å². The molecular formula is C12H11F2N3O3S. The maximum Gasteiger partial charge on any atom is 0.275 e. The minimum atomic E-state index is -2.78. The van der Waals surface area contributed by atoms with Gasteiger partial charge in [-0.2, -0.15) is 0 Å². The summed E-state index contributed by atoms with van der Waals surface area (Å²) in [4.78, 5) is 11.5. The highest BCUT2D eigenvalue weighted by Crippen LogP contribution is 2.26. The normalized spacial score (nSPS) is 10.7. The Labute approximate surface area is 123 Å². The number of carbonyl (C=O) groups is 1. The van der Waals surface area contributed by atoms with Gasteiger partial charge >= 0.3 is 0 Å². The second-order valence-corrected chi connectivity index (χ2v) is 4.39. The predicted octanol–water partition coefficient (Wildman–Crippen LogP) is 2.21. The monoisotopic (exact) mass is 315 g/mol. The molecule has 0 saturated heterocycles. The highest BCUT2D eigenvalue weighted by molar-refractivity contribution is 7.78. The van der Waals surface area contributed by atoms with Crippen molar-refractivity contribution in [1.29, 1.82) is 0 Å². The van der Waals surface area contributed by atoms with E-state index in [2.05, 4.69) is 17.9 Å². The standard InChI is InChI=1S/C12H11F2N3O3S/c13-11(14)7-2-1-3-8(12(18)16-19)9(7)6-20-10-4-5-17(21)15-10/h1-5,11,19,21H,6H2,(H,16,18). The zero-order chi connectivity index (χ0) is 15.4. The van der Waals surface area contributed by atoms with Gasteiger partial charge in [0.25, 0.3) is 12.3 Å². The number of thiol groups is 1. The van der Waals surface area contributed by atoms with E-state index in [1.54, 1.807) is 0 Å². The Morgan fingerprint density at radius 2 is 2.24 bits per heavy atom. The Kier molecular flexibility index (Phi) is 4.76. The van der Waals surface area contributed by atoms with Crippen LogP contribution in [0.5, 0.6) is 5.88 Å². The van der Waals surface area contributed by atoms with Crippen LogP contribution in [0.2, 0.25) is 0 Å². The molecule has 0 atom stereocenters. The van der Waals surface area contributed by atoms with Crippen molar-refractivity contribution in [2.24, 2.45) is 0 Å². The molecule has 2 aromatic rings. The lowest BCUT2D eigenvalue weighted by atomic mass is 10.0. The maximum atomic E-state index is 13.0. The summed E-state index contributed by atoms with van der Waals surface area (Å²) >= 11 is 3.91. The van der Waals surface area contributed by atoms with Crippen LogP contribution in [0, 0.1) is 0 Å². The van der Waals surface area contributed by atoms with E-state index in [1.807, 2.05) is 0 Å². The van der Waals surface area contributed by atoms with Gasteiger partial charge in [-0.3, -0.25) is 10.0 Å². The molecule has 0 aliphatic rings. The highest BCUT2D eigenvalue weighted by atomic mass is 32.1. The van der Waals surface area contributed by atoms with Crippen molar-refractivity contribution < 1.29 is 23.5 Å². The molecule has 1 heterocycles. The lowest BCUT2D eigenvalue weighted by Gasteiger charge is -2.13. The Hall–Kier alpha value is -2.13. The van der Waals surface area contributed by atoms with Crippen molar-refractivity contribution in [2.75, 3.05) is 0 Å². The summed E-state index contributed by atoms with van der Waals surface area (Å²) in [7, 11) is 0. The zero-order valence-corrected chi connectivity index (χ0v) is 11.4. The molecule has 0 aliphatic carbocycles. The van der Waals surface area contributed by atoms with Gasteiger partial charge in [0, 0.05) is 29.0 Å². The van der Waals surface area contributed by atoms with Gasteiger partial charge in [-0.15, -0.1) is 5.10 Å². The van der Waals surface area contributed by atoms with Crippen molar-refractivity contribution in [1.82, 2.24) is 14.7 Å². The lowest BCUT2D eigenvalue weighted by Crippen LogP contribution is -2.21. The number of nitrogens with one attached hydrogen (secondary N) is 1. The number of benzene rings is 1. The largest absolute Gasteiger partial charge is 0.472 e. The fourth-order valence-corrected chi connectivity index (χ4v) is 1.92. The van der Waals surface area contributed by atoms with Crippen molar-refractivity contribution >= 4 is 18.7 Å². The van der Waals surface area contributed by atoms with E-state index in [0.717, 1.165) is 0 Å². The molecule has 6 nitrogen and oxygen atoms in total. The molecule has 0 aliphatic heterocycles. The summed E-state index contributed by atoms with van der Waals surface area (Å²) in [6.45, 7) is -0.298. The molecule has 0 bridgehead atoms. The van der Waals surface area contributed by atoms with Crippen molar-refractivity contribution in [3.05, 3.63) is 47.2 Å². The molecule has 21 heavy (non-hydrogen) atoms. The van der Waals surface area contributed by atoms with Gasteiger partial charge in [0.05, 0.1) is 0 Å². The first-order chi connectivity index (χ1) is 10.0. The topological polar surface area (TPSA) is 76.4 Å². The number of hydrogen-bond acceptors (Lipinski definition) is 5. The number of alkyl halides is 2. The molecule has 1 aromatic heterocycles. The van der Waals surface area contributed by atoms with Gasteiger partial charge in [-0.05, 0) is 18.9 Å². The third-order valence-corrected chi connectivity index (χ3v) is 2.93. The third-order valence-electron chi connectivity index (χ3n) is 2.71. The summed E-state index contributed by atoms with van der Waals surface area (Å²) in [6, 6.07) is 5.30. The summed E-state index contributed by atoms with van der Waals surface area (Å²) in [6.07, 6.45) is -1.28. The molecule has 2 N–H and O–H groups in total. The first kappa shape index (κ1) is 15.3. The van der Waals surface area contributed by atoms with Gasteiger partial charge in [0.15, 0.2) is 0 Å². The zero-order valence-electron chi connectivity index (χ0n) is 10.5. The van der Waals surface area contributed by atoms with E-state index in [-0.39, 0.29) is 29.2 Å². The van der Waals surface area contributed by atoms with Crippen molar-refractivity contribution in [3.8, 4) is 5.88 Å². The Balaban J connectivity index is 2.32. The molecule has 2 rings (SSSR count). The van der Waals surface area contributed by atoms with Crippen molar-refractivity contribution in [3.63, 3.8) is 0 Å². The van der Waals surface area contributed by atoms with E-state index >= 15 is 0 Å². The van der Waals surface area contributed by atoms with E-state index < -0.39 is 12.3 Å². The number of hydrogen-bond donors (Lipinski definition) is 3. The van der Waals surface area contributed by atoms with Crippen LogP contribution in [0.3, 0.4) is 0 Å². The molecule has 9 heteroatoms. The summed E-state index contributed by atoms with van der Waals surface area (Å²) in [5.41, 5.74) is 0.956. The minimum absolute atomic E-state index is 0.0206. The number of amides is 1. The van der Waals surface area contributed by atoms with Gasteiger partial charge in [0.2, 0.25) is 5.88 Å². The van der Waals surface area contributed by atoms with Gasteiger partial charge < -0.3 is 4.74 Å². The SMILES string of the molecule is O=C(NO)c1cccc(C(F)F)c1COc1ccn(S)n1. The third kappa shape index (κ3) is 3.50. The van der Waals surface area contributed by atoms with Crippen LogP contribution in [0.4, 0.5) is 8.78 Å². The molecule has 0 spiro atoms. The Morgan fingerprint density at radius 1 is 1.48 bits per heavy atom. The lowest BCUT2D eigenvalue weighted by molar-refractivity contribution is 0.0702. The number of rotatable bonds is 5. The second kappa shape index (κ2) is 6.55. The van der Waals surface area contributed by atoms with Gasteiger partial charge in [-0.25, -0.2) is 18.3 Å². The van der Waals surface area contributed by atoms with Crippen LogP contribution in [0.15, 0.2) is 30.5 Å². The van der Waals surface area contributed by atoms with E-state index in [4.69, 9.17) is 9.94 Å². The number of nitrogens with zero attached hydrogens (tertiary/aromatic N) is 2. The van der Waals surface area contributed by atoms with Crippen LogP contribution >= 0.6 is 12.8 Å². The van der Waals surface area contributed by atoms with Crippen LogP contribution in [-0.2, 0) is 6.61 Å². The van der Waals surface area contributed by atoms with Crippen LogP contribution in [0.1, 0.15) is 27.9 Å². The molecule has 0 radical (unpaired) electrons. The molecule has 0 saturated carbocycles. The number of hydroxylamine groups is 1. The molecule has 1 amide bonds. The van der Waals surface area contributed by atoms with E-state index in [1.165, 1.54) is 40.0 Å². The van der Waals surface area contributed by atoms with Gasteiger partial charge in [0.1, 0.15) is 6.61 Å². The summed E-state index contributed by atoms with van der Waals surface area (Å²) < 4.78 is 32.5. The molecular weight excluding hydrogens is 304 g/mol. The second-order valence-electron chi connectivity index (χ2n) is 3.98.